The molecule has 0 spiro atoms. The second-order valence-corrected chi connectivity index (χ2v) is 5.25. The Morgan fingerprint density at radius 2 is 2.09 bits per heavy atom. The Labute approximate surface area is 129 Å². The van der Waals surface area contributed by atoms with E-state index in [2.05, 4.69) is 27.4 Å². The fourth-order valence-corrected chi connectivity index (χ4v) is 1.94. The van der Waals surface area contributed by atoms with E-state index >= 15 is 0 Å². The summed E-state index contributed by atoms with van der Waals surface area (Å²) in [5.74, 6) is 1.23. The van der Waals surface area contributed by atoms with Crippen LogP contribution in [0.15, 0.2) is 16.7 Å². The van der Waals surface area contributed by atoms with Crippen molar-refractivity contribution in [3.8, 4) is 0 Å². The number of aryl methyl sites for hydroxylation is 2. The maximum atomic E-state index is 12.3. The second kappa shape index (κ2) is 7.02. The lowest BCUT2D eigenvalue weighted by molar-refractivity contribution is 0.102. The van der Waals surface area contributed by atoms with Gasteiger partial charge in [-0.15, -0.1) is 0 Å². The number of amides is 1. The van der Waals surface area contributed by atoms with Gasteiger partial charge in [0, 0.05) is 25.4 Å². The smallest absolute Gasteiger partial charge is 0.275 e. The van der Waals surface area contributed by atoms with Crippen LogP contribution in [0.5, 0.6) is 0 Å². The summed E-state index contributed by atoms with van der Waals surface area (Å²) in [5, 5.41) is 6.40. The minimum absolute atomic E-state index is 0.312. The van der Waals surface area contributed by atoms with E-state index in [1.165, 1.54) is 0 Å². The molecule has 1 amide bonds. The van der Waals surface area contributed by atoms with Gasteiger partial charge in [0.05, 0.1) is 0 Å². The van der Waals surface area contributed by atoms with Crippen LogP contribution in [0.3, 0.4) is 0 Å². The highest BCUT2D eigenvalue weighted by molar-refractivity contribution is 6.02. The summed E-state index contributed by atoms with van der Waals surface area (Å²) < 4.78 is 4.93. The molecule has 7 nitrogen and oxygen atoms in total. The number of nitrogens with one attached hydrogen (secondary N) is 1. The largest absolute Gasteiger partial charge is 0.360 e. The summed E-state index contributed by atoms with van der Waals surface area (Å²) in [6.07, 6.45) is 2.14. The van der Waals surface area contributed by atoms with Gasteiger partial charge >= 0.3 is 0 Å². The molecule has 0 aliphatic heterocycles. The zero-order valence-electron chi connectivity index (χ0n) is 13.4. The molecule has 0 radical (unpaired) electrons. The maximum absolute atomic E-state index is 12.3. The zero-order chi connectivity index (χ0) is 16.1. The highest BCUT2D eigenvalue weighted by Crippen LogP contribution is 2.12. The molecule has 0 saturated carbocycles. The van der Waals surface area contributed by atoms with Crippen molar-refractivity contribution in [2.24, 2.45) is 0 Å². The van der Waals surface area contributed by atoms with Crippen LogP contribution in [0.4, 0.5) is 11.8 Å². The highest BCUT2D eigenvalue weighted by Gasteiger charge is 2.14. The molecule has 2 aromatic rings. The van der Waals surface area contributed by atoms with Gasteiger partial charge in [-0.1, -0.05) is 18.5 Å². The number of rotatable bonds is 6. The molecule has 0 aliphatic rings. The fourth-order valence-electron chi connectivity index (χ4n) is 1.94. The number of hydrogen-bond donors (Lipinski definition) is 1. The average Bonchev–Trinajstić information content (AvgIpc) is 2.89. The third-order valence-electron chi connectivity index (χ3n) is 3.13. The summed E-state index contributed by atoms with van der Waals surface area (Å²) in [6, 6.07) is 3.31. The quantitative estimate of drug-likeness (QED) is 0.883. The molecule has 0 bridgehead atoms. The van der Waals surface area contributed by atoms with Crippen molar-refractivity contribution in [1.29, 1.82) is 0 Å². The number of aromatic nitrogens is 3. The minimum Gasteiger partial charge on any atom is -0.360 e. The third-order valence-corrected chi connectivity index (χ3v) is 3.13. The van der Waals surface area contributed by atoms with Crippen LogP contribution < -0.4 is 10.2 Å². The standard InChI is InChI=1S/C15H21N5O2/c1-5-6-7-20(4)15-16-10(2)8-12(17-15)14(21)18-13-9-11(3)22-19-13/h8-9H,5-7H2,1-4H3,(H,18,19,21). The molecule has 0 aromatic carbocycles. The Balaban J connectivity index is 2.16. The van der Waals surface area contributed by atoms with Crippen LogP contribution in [-0.2, 0) is 0 Å². The molecule has 22 heavy (non-hydrogen) atoms. The predicted molar refractivity (Wildman–Crippen MR) is 84.1 cm³/mol. The van der Waals surface area contributed by atoms with Crippen LogP contribution in [0.1, 0.15) is 41.7 Å². The zero-order valence-corrected chi connectivity index (χ0v) is 13.4. The molecule has 0 fully saturated rings. The number of nitrogens with zero attached hydrogens (tertiary/aromatic N) is 4. The summed E-state index contributed by atoms with van der Waals surface area (Å²) in [4.78, 5) is 22.9. The Kier molecular flexibility index (Phi) is 5.08. The van der Waals surface area contributed by atoms with E-state index in [0.29, 0.717) is 23.2 Å². The van der Waals surface area contributed by atoms with E-state index in [9.17, 15) is 4.79 Å². The number of unbranched alkanes of at least 4 members (excludes halogenated alkanes) is 1. The molecule has 0 atom stereocenters. The second-order valence-electron chi connectivity index (χ2n) is 5.25. The molecule has 2 heterocycles. The molecule has 0 saturated heterocycles. The molecule has 2 aromatic heterocycles. The Hall–Kier alpha value is -2.44. The lowest BCUT2D eigenvalue weighted by atomic mass is 10.3. The predicted octanol–water partition coefficient (Wildman–Crippen LogP) is 2.57. The van der Waals surface area contributed by atoms with Gasteiger partial charge < -0.3 is 14.7 Å². The van der Waals surface area contributed by atoms with Gasteiger partial charge in [-0.2, -0.15) is 0 Å². The molecule has 0 aliphatic carbocycles. The molecule has 118 valence electrons. The fraction of sp³-hybridized carbons (Fsp3) is 0.467. The van der Waals surface area contributed by atoms with Gasteiger partial charge in [0.25, 0.3) is 5.91 Å². The summed E-state index contributed by atoms with van der Waals surface area (Å²) in [6.45, 7) is 6.58. The average molecular weight is 303 g/mol. The van der Waals surface area contributed by atoms with E-state index in [0.717, 1.165) is 25.1 Å². The molecule has 0 unspecified atom stereocenters. The Morgan fingerprint density at radius 1 is 1.32 bits per heavy atom. The minimum atomic E-state index is -0.330. The van der Waals surface area contributed by atoms with Gasteiger partial charge in [-0.05, 0) is 26.3 Å². The molecule has 2 rings (SSSR count). The van der Waals surface area contributed by atoms with Crippen molar-refractivity contribution in [3.63, 3.8) is 0 Å². The third kappa shape index (κ3) is 4.03. The summed E-state index contributed by atoms with van der Waals surface area (Å²) in [5.41, 5.74) is 1.06. The highest BCUT2D eigenvalue weighted by atomic mass is 16.5. The van der Waals surface area contributed by atoms with Gasteiger partial charge in [0.2, 0.25) is 5.95 Å². The van der Waals surface area contributed by atoms with Crippen LogP contribution in [-0.4, -0.2) is 34.6 Å². The summed E-state index contributed by atoms with van der Waals surface area (Å²) >= 11 is 0. The van der Waals surface area contributed by atoms with Crippen LogP contribution in [0.25, 0.3) is 0 Å². The monoisotopic (exact) mass is 303 g/mol. The van der Waals surface area contributed by atoms with Crippen LogP contribution >= 0.6 is 0 Å². The Morgan fingerprint density at radius 3 is 2.73 bits per heavy atom. The summed E-state index contributed by atoms with van der Waals surface area (Å²) in [7, 11) is 1.92. The first-order valence-corrected chi connectivity index (χ1v) is 7.31. The van der Waals surface area contributed by atoms with E-state index < -0.39 is 0 Å². The van der Waals surface area contributed by atoms with Crippen molar-refractivity contribution >= 4 is 17.7 Å². The molecular weight excluding hydrogens is 282 g/mol. The first kappa shape index (κ1) is 15.9. The first-order valence-electron chi connectivity index (χ1n) is 7.31. The molecule has 1 N–H and O–H groups in total. The Bertz CT molecular complexity index is 653. The van der Waals surface area contributed by atoms with E-state index in [1.54, 1.807) is 19.1 Å². The van der Waals surface area contributed by atoms with Crippen LogP contribution in [0, 0.1) is 13.8 Å². The van der Waals surface area contributed by atoms with Gasteiger partial charge in [0.1, 0.15) is 11.5 Å². The first-order chi connectivity index (χ1) is 10.5. The van der Waals surface area contributed by atoms with E-state index in [-0.39, 0.29) is 5.91 Å². The SMILES string of the molecule is CCCCN(C)c1nc(C)cc(C(=O)Nc2cc(C)on2)n1. The van der Waals surface area contributed by atoms with Gasteiger partial charge in [-0.3, -0.25) is 4.79 Å². The van der Waals surface area contributed by atoms with Crippen molar-refractivity contribution < 1.29 is 9.32 Å². The lowest BCUT2D eigenvalue weighted by Gasteiger charge is -2.17. The lowest BCUT2D eigenvalue weighted by Crippen LogP contribution is -2.23. The van der Waals surface area contributed by atoms with E-state index in [4.69, 9.17) is 4.52 Å². The topological polar surface area (TPSA) is 84.2 Å². The van der Waals surface area contributed by atoms with Gasteiger partial charge in [-0.25, -0.2) is 9.97 Å². The number of carbonyl (C=O) groups excluding carboxylic acids is 1. The van der Waals surface area contributed by atoms with Crippen LogP contribution in [0.2, 0.25) is 0 Å². The van der Waals surface area contributed by atoms with Crippen molar-refractivity contribution in [2.45, 2.75) is 33.6 Å². The van der Waals surface area contributed by atoms with Crippen molar-refractivity contribution in [1.82, 2.24) is 15.1 Å². The maximum Gasteiger partial charge on any atom is 0.275 e. The number of hydrogen-bond acceptors (Lipinski definition) is 6. The van der Waals surface area contributed by atoms with Gasteiger partial charge in [0.15, 0.2) is 5.82 Å². The number of carbonyl (C=O) groups is 1. The van der Waals surface area contributed by atoms with E-state index in [1.807, 2.05) is 18.9 Å². The molecular formula is C15H21N5O2. The van der Waals surface area contributed by atoms with Crippen molar-refractivity contribution in [2.75, 3.05) is 23.8 Å². The normalized spacial score (nSPS) is 10.5. The van der Waals surface area contributed by atoms with Crippen molar-refractivity contribution in [3.05, 3.63) is 29.3 Å². The molecule has 7 heteroatoms. The number of anilines is 2.